The van der Waals surface area contributed by atoms with E-state index in [4.69, 9.17) is 4.42 Å². The number of aliphatic hydroxyl groups excluding tert-OH is 1. The molecule has 1 heterocycles. The number of hydrogen-bond acceptors (Lipinski definition) is 5. The fourth-order valence-corrected chi connectivity index (χ4v) is 3.01. The summed E-state index contributed by atoms with van der Waals surface area (Å²) < 4.78 is 43.6. The van der Waals surface area contributed by atoms with Crippen molar-refractivity contribution in [3.8, 4) is 17.2 Å². The molecule has 0 aliphatic rings. The highest BCUT2D eigenvalue weighted by Crippen LogP contribution is 2.31. The fraction of sp³-hybridized carbons (Fsp3) is 0.286. The van der Waals surface area contributed by atoms with Crippen molar-refractivity contribution in [3.05, 3.63) is 71.6 Å². The van der Waals surface area contributed by atoms with Crippen LogP contribution in [0.2, 0.25) is 0 Å². The molecule has 3 N–H and O–H groups in total. The quantitative estimate of drug-likeness (QED) is 0.545. The summed E-state index contributed by atoms with van der Waals surface area (Å²) in [6.07, 6.45) is -3.67. The Kier molecular flexibility index (Phi) is 6.24. The molecule has 29 heavy (non-hydrogen) atoms. The number of nitrogens with one attached hydrogen (secondary N) is 1. The van der Waals surface area contributed by atoms with E-state index in [0.717, 1.165) is 17.7 Å². The molecule has 2 unspecified atom stereocenters. The van der Waals surface area contributed by atoms with E-state index < -0.39 is 17.8 Å². The lowest BCUT2D eigenvalue weighted by atomic mass is 10.0. The van der Waals surface area contributed by atoms with Crippen LogP contribution < -0.4 is 5.32 Å². The fourth-order valence-electron chi connectivity index (χ4n) is 3.01. The number of nitrogens with zero attached hydrogens (tertiary/aromatic N) is 1. The van der Waals surface area contributed by atoms with E-state index in [1.165, 1.54) is 18.5 Å². The molecule has 0 saturated carbocycles. The molecule has 154 valence electrons. The van der Waals surface area contributed by atoms with Crippen molar-refractivity contribution in [2.24, 2.45) is 0 Å². The van der Waals surface area contributed by atoms with Gasteiger partial charge in [-0.05, 0) is 36.6 Å². The molecule has 0 radical (unpaired) electrons. The van der Waals surface area contributed by atoms with Crippen LogP contribution in [0.4, 0.5) is 13.2 Å². The molecule has 0 amide bonds. The first-order valence-electron chi connectivity index (χ1n) is 9.04. The first-order valence-corrected chi connectivity index (χ1v) is 9.04. The zero-order chi connectivity index (χ0) is 21.0. The van der Waals surface area contributed by atoms with Gasteiger partial charge in [0, 0.05) is 18.2 Å². The number of aliphatic hydroxyl groups is 1. The van der Waals surface area contributed by atoms with Gasteiger partial charge in [0.15, 0.2) is 12.2 Å². The number of halogens is 3. The predicted molar refractivity (Wildman–Crippen MR) is 101 cm³/mol. The summed E-state index contributed by atoms with van der Waals surface area (Å²) in [7, 11) is 0. The van der Waals surface area contributed by atoms with Gasteiger partial charge in [-0.1, -0.05) is 36.4 Å². The highest BCUT2D eigenvalue weighted by molar-refractivity contribution is 5.62. The van der Waals surface area contributed by atoms with E-state index in [2.05, 4.69) is 10.3 Å². The molecule has 8 heteroatoms. The van der Waals surface area contributed by atoms with Crippen LogP contribution in [-0.4, -0.2) is 27.8 Å². The maximum Gasteiger partial charge on any atom is 0.416 e. The summed E-state index contributed by atoms with van der Waals surface area (Å²) in [5, 5.41) is 23.0. The van der Waals surface area contributed by atoms with E-state index in [1.807, 2.05) is 19.1 Å². The SMILES string of the molecule is CC(Cc1ccc(-c2ocnc2O)cc1)NCC(O)c1cccc(C(F)(F)F)c1. The molecule has 2 atom stereocenters. The largest absolute Gasteiger partial charge is 0.491 e. The van der Waals surface area contributed by atoms with Crippen molar-refractivity contribution in [2.45, 2.75) is 31.7 Å². The molecule has 0 fully saturated rings. The van der Waals surface area contributed by atoms with Gasteiger partial charge in [0.2, 0.25) is 0 Å². The van der Waals surface area contributed by atoms with Crippen LogP contribution in [0.15, 0.2) is 59.3 Å². The molecule has 0 aliphatic heterocycles. The number of aromatic hydroxyl groups is 1. The summed E-state index contributed by atoms with van der Waals surface area (Å²) >= 11 is 0. The van der Waals surface area contributed by atoms with Gasteiger partial charge in [-0.2, -0.15) is 18.2 Å². The monoisotopic (exact) mass is 406 g/mol. The van der Waals surface area contributed by atoms with Crippen LogP contribution in [0.3, 0.4) is 0 Å². The number of oxazole rings is 1. The van der Waals surface area contributed by atoms with Crippen molar-refractivity contribution in [1.82, 2.24) is 10.3 Å². The van der Waals surface area contributed by atoms with Gasteiger partial charge in [0.1, 0.15) is 0 Å². The number of aromatic nitrogens is 1. The van der Waals surface area contributed by atoms with Gasteiger partial charge in [0.25, 0.3) is 5.88 Å². The average molecular weight is 406 g/mol. The lowest BCUT2D eigenvalue weighted by Crippen LogP contribution is -2.32. The standard InChI is InChI=1S/C21H21F3N2O3/c1-13(9-14-5-7-15(8-6-14)19-20(28)26-12-29-19)25-11-18(27)16-3-2-4-17(10-16)21(22,23)24/h2-8,10,12-13,18,25,27-28H,9,11H2,1H3. The number of alkyl halides is 3. The first-order chi connectivity index (χ1) is 13.7. The summed E-state index contributed by atoms with van der Waals surface area (Å²) in [5.74, 6) is 0.128. The Balaban J connectivity index is 1.54. The highest BCUT2D eigenvalue weighted by Gasteiger charge is 2.30. The van der Waals surface area contributed by atoms with Gasteiger partial charge in [-0.15, -0.1) is 0 Å². The van der Waals surface area contributed by atoms with Gasteiger partial charge < -0.3 is 19.9 Å². The molecule has 0 aliphatic carbocycles. The minimum atomic E-state index is -4.44. The molecule has 2 aromatic carbocycles. The normalized spacial score (nSPS) is 14.0. The van der Waals surface area contributed by atoms with Crippen LogP contribution in [0.5, 0.6) is 5.88 Å². The maximum atomic E-state index is 12.8. The van der Waals surface area contributed by atoms with Gasteiger partial charge >= 0.3 is 6.18 Å². The van der Waals surface area contributed by atoms with Gasteiger partial charge in [0.05, 0.1) is 11.7 Å². The third-order valence-corrected chi connectivity index (χ3v) is 4.57. The van der Waals surface area contributed by atoms with Crippen LogP contribution in [0, 0.1) is 0 Å². The smallest absolute Gasteiger partial charge is 0.416 e. The average Bonchev–Trinajstić information content (AvgIpc) is 3.12. The van der Waals surface area contributed by atoms with Gasteiger partial charge in [-0.25, -0.2) is 0 Å². The van der Waals surface area contributed by atoms with E-state index in [1.54, 1.807) is 12.1 Å². The summed E-state index contributed by atoms with van der Waals surface area (Å²) in [6.45, 7) is 2.06. The second-order valence-electron chi connectivity index (χ2n) is 6.85. The summed E-state index contributed by atoms with van der Waals surface area (Å²) in [4.78, 5) is 3.64. The van der Waals surface area contributed by atoms with Crippen LogP contribution in [-0.2, 0) is 12.6 Å². The summed E-state index contributed by atoms with van der Waals surface area (Å²) in [6, 6.07) is 12.1. The molecule has 1 aromatic heterocycles. The maximum absolute atomic E-state index is 12.8. The molecule has 0 spiro atoms. The Labute approximate surface area is 165 Å². The predicted octanol–water partition coefficient (Wildman–Crippen LogP) is 4.32. The van der Waals surface area contributed by atoms with Gasteiger partial charge in [-0.3, -0.25) is 0 Å². The molecule has 5 nitrogen and oxygen atoms in total. The molecular formula is C21H21F3N2O3. The van der Waals surface area contributed by atoms with Crippen molar-refractivity contribution >= 4 is 0 Å². The van der Waals surface area contributed by atoms with Crippen molar-refractivity contribution < 1.29 is 27.8 Å². The van der Waals surface area contributed by atoms with Crippen molar-refractivity contribution in [1.29, 1.82) is 0 Å². The highest BCUT2D eigenvalue weighted by atomic mass is 19.4. The number of benzene rings is 2. The summed E-state index contributed by atoms with van der Waals surface area (Å²) in [5.41, 5.74) is 1.15. The number of rotatable bonds is 7. The molecule has 3 rings (SSSR count). The lowest BCUT2D eigenvalue weighted by molar-refractivity contribution is -0.137. The molecule has 0 saturated heterocycles. The minimum absolute atomic E-state index is 0.0139. The van der Waals surface area contributed by atoms with Crippen molar-refractivity contribution in [3.63, 3.8) is 0 Å². The first kappa shape index (κ1) is 20.9. The van der Waals surface area contributed by atoms with Crippen molar-refractivity contribution in [2.75, 3.05) is 6.54 Å². The molecule has 0 bridgehead atoms. The zero-order valence-electron chi connectivity index (χ0n) is 15.6. The Morgan fingerprint density at radius 2 is 1.86 bits per heavy atom. The lowest BCUT2D eigenvalue weighted by Gasteiger charge is -2.18. The van der Waals surface area contributed by atoms with E-state index in [9.17, 15) is 23.4 Å². The Bertz CT molecular complexity index is 939. The van der Waals surface area contributed by atoms with E-state index in [0.29, 0.717) is 17.7 Å². The molecular weight excluding hydrogens is 385 g/mol. The third kappa shape index (κ3) is 5.36. The second kappa shape index (κ2) is 8.67. The molecule has 3 aromatic rings. The van der Waals surface area contributed by atoms with Crippen LogP contribution >= 0.6 is 0 Å². The topological polar surface area (TPSA) is 78.5 Å². The Morgan fingerprint density at radius 1 is 1.14 bits per heavy atom. The zero-order valence-corrected chi connectivity index (χ0v) is 15.6. The van der Waals surface area contributed by atoms with Crippen LogP contribution in [0.1, 0.15) is 29.7 Å². The Morgan fingerprint density at radius 3 is 2.48 bits per heavy atom. The van der Waals surface area contributed by atoms with E-state index in [-0.39, 0.29) is 24.0 Å². The third-order valence-electron chi connectivity index (χ3n) is 4.57. The van der Waals surface area contributed by atoms with Crippen LogP contribution in [0.25, 0.3) is 11.3 Å². The second-order valence-corrected chi connectivity index (χ2v) is 6.85. The number of hydrogen-bond donors (Lipinski definition) is 3. The minimum Gasteiger partial charge on any atom is -0.491 e. The van der Waals surface area contributed by atoms with E-state index >= 15 is 0 Å². The Hall–Kier alpha value is -2.84.